The van der Waals surface area contributed by atoms with Crippen molar-refractivity contribution in [1.82, 2.24) is 9.47 Å². The van der Waals surface area contributed by atoms with Crippen LogP contribution in [0.1, 0.15) is 17.6 Å². The third-order valence-electron chi connectivity index (χ3n) is 4.06. The average molecular weight is 312 g/mol. The van der Waals surface area contributed by atoms with Crippen molar-refractivity contribution >= 4 is 0 Å². The first-order valence-electron chi connectivity index (χ1n) is 7.62. The third kappa shape index (κ3) is 2.81. The van der Waals surface area contributed by atoms with E-state index in [0.29, 0.717) is 18.8 Å². The van der Waals surface area contributed by atoms with Gasteiger partial charge in [0.05, 0.1) is 25.1 Å². The van der Waals surface area contributed by atoms with E-state index in [9.17, 15) is 4.39 Å². The number of hydrogen-bond donors (Lipinski definition) is 0. The Morgan fingerprint density at radius 2 is 2.04 bits per heavy atom. The molecule has 1 saturated heterocycles. The summed E-state index contributed by atoms with van der Waals surface area (Å²) in [4.78, 5) is 2.21. The van der Waals surface area contributed by atoms with Crippen molar-refractivity contribution in [2.24, 2.45) is 0 Å². The second-order valence-electron chi connectivity index (χ2n) is 5.58. The lowest BCUT2D eigenvalue weighted by Crippen LogP contribution is -2.22. The molecule has 4 rings (SSSR count). The van der Waals surface area contributed by atoms with Crippen molar-refractivity contribution < 1.29 is 13.5 Å². The van der Waals surface area contributed by atoms with Gasteiger partial charge in [0, 0.05) is 24.5 Å². The molecule has 3 aromatic rings. The Morgan fingerprint density at radius 1 is 1.13 bits per heavy atom. The molecule has 0 spiro atoms. The molecule has 4 nitrogen and oxygen atoms in total. The van der Waals surface area contributed by atoms with Gasteiger partial charge in [0.1, 0.15) is 17.8 Å². The standard InChI is InChI=1S/C18H17FN2O2/c19-16-5-1-2-6-17(16)20-8-7-14(12-20)18-21(9-11-23-18)13-15-4-3-10-22-15/h1-8,10,12,18H,9,11,13H2/t18-/m1/s1. The smallest absolute Gasteiger partial charge is 0.147 e. The highest BCUT2D eigenvalue weighted by molar-refractivity contribution is 5.35. The molecular weight excluding hydrogens is 295 g/mol. The molecule has 1 aromatic carbocycles. The fraction of sp³-hybridized carbons (Fsp3) is 0.222. The van der Waals surface area contributed by atoms with Gasteiger partial charge in [0.2, 0.25) is 0 Å². The summed E-state index contributed by atoms with van der Waals surface area (Å²) >= 11 is 0. The predicted molar refractivity (Wildman–Crippen MR) is 83.5 cm³/mol. The fourth-order valence-corrected chi connectivity index (χ4v) is 2.95. The molecule has 1 aliphatic heterocycles. The van der Waals surface area contributed by atoms with Gasteiger partial charge in [-0.3, -0.25) is 4.90 Å². The first-order valence-corrected chi connectivity index (χ1v) is 7.62. The highest BCUT2D eigenvalue weighted by Crippen LogP contribution is 2.29. The molecule has 1 aliphatic rings. The second kappa shape index (κ2) is 6.02. The van der Waals surface area contributed by atoms with Gasteiger partial charge in [0.25, 0.3) is 0 Å². The summed E-state index contributed by atoms with van der Waals surface area (Å²) in [6.45, 7) is 2.22. The van der Waals surface area contributed by atoms with E-state index in [2.05, 4.69) is 4.90 Å². The maximum atomic E-state index is 13.9. The van der Waals surface area contributed by atoms with Crippen LogP contribution in [0.4, 0.5) is 4.39 Å². The quantitative estimate of drug-likeness (QED) is 0.735. The van der Waals surface area contributed by atoms with Gasteiger partial charge in [-0.05, 0) is 30.3 Å². The number of benzene rings is 1. The Bertz CT molecular complexity index is 782. The molecule has 0 unspecified atom stereocenters. The largest absolute Gasteiger partial charge is 0.468 e. The number of rotatable bonds is 4. The highest BCUT2D eigenvalue weighted by atomic mass is 19.1. The highest BCUT2D eigenvalue weighted by Gasteiger charge is 2.28. The Kier molecular flexibility index (Phi) is 3.73. The zero-order chi connectivity index (χ0) is 15.6. The van der Waals surface area contributed by atoms with E-state index in [1.807, 2.05) is 36.7 Å². The maximum Gasteiger partial charge on any atom is 0.147 e. The van der Waals surface area contributed by atoms with Crippen molar-refractivity contribution in [3.63, 3.8) is 0 Å². The lowest BCUT2D eigenvalue weighted by atomic mass is 10.2. The van der Waals surface area contributed by atoms with Crippen LogP contribution in [0.3, 0.4) is 0 Å². The number of hydrogen-bond acceptors (Lipinski definition) is 3. The van der Waals surface area contributed by atoms with Gasteiger partial charge in [0.15, 0.2) is 0 Å². The summed E-state index contributed by atoms with van der Waals surface area (Å²) in [6.07, 6.45) is 5.33. The van der Waals surface area contributed by atoms with Crippen molar-refractivity contribution in [3.05, 3.63) is 78.3 Å². The minimum Gasteiger partial charge on any atom is -0.468 e. The summed E-state index contributed by atoms with van der Waals surface area (Å²) in [5, 5.41) is 0. The molecule has 0 radical (unpaired) electrons. The fourth-order valence-electron chi connectivity index (χ4n) is 2.95. The normalized spacial score (nSPS) is 18.6. The third-order valence-corrected chi connectivity index (χ3v) is 4.06. The Hall–Kier alpha value is -2.37. The summed E-state index contributed by atoms with van der Waals surface area (Å²) in [6, 6.07) is 12.6. The molecule has 2 aromatic heterocycles. The van der Waals surface area contributed by atoms with Crippen LogP contribution >= 0.6 is 0 Å². The number of furan rings is 1. The van der Waals surface area contributed by atoms with E-state index in [4.69, 9.17) is 9.15 Å². The van der Waals surface area contributed by atoms with Gasteiger partial charge in [-0.25, -0.2) is 4.39 Å². The number of ether oxygens (including phenoxy) is 1. The lowest BCUT2D eigenvalue weighted by Gasteiger charge is -2.21. The van der Waals surface area contributed by atoms with Crippen LogP contribution in [0.5, 0.6) is 0 Å². The summed E-state index contributed by atoms with van der Waals surface area (Å²) < 4.78 is 27.0. The van der Waals surface area contributed by atoms with Crippen LogP contribution in [0.15, 0.2) is 65.5 Å². The van der Waals surface area contributed by atoms with E-state index in [1.54, 1.807) is 23.0 Å². The topological polar surface area (TPSA) is 30.5 Å². The van der Waals surface area contributed by atoms with Crippen LogP contribution in [-0.4, -0.2) is 22.6 Å². The Labute approximate surface area is 133 Å². The molecule has 0 bridgehead atoms. The van der Waals surface area contributed by atoms with Gasteiger partial charge in [-0.1, -0.05) is 12.1 Å². The number of nitrogens with zero attached hydrogens (tertiary/aromatic N) is 2. The molecule has 1 fully saturated rings. The van der Waals surface area contributed by atoms with Crippen molar-refractivity contribution in [3.8, 4) is 5.69 Å². The second-order valence-corrected chi connectivity index (χ2v) is 5.58. The summed E-state index contributed by atoms with van der Waals surface area (Å²) in [5.74, 6) is 0.670. The minimum atomic E-state index is -0.241. The van der Waals surface area contributed by atoms with Crippen LogP contribution in [0, 0.1) is 5.82 Å². The van der Waals surface area contributed by atoms with Gasteiger partial charge < -0.3 is 13.7 Å². The van der Waals surface area contributed by atoms with Gasteiger partial charge in [-0.2, -0.15) is 0 Å². The van der Waals surface area contributed by atoms with Crippen LogP contribution in [0.25, 0.3) is 5.69 Å². The molecule has 0 saturated carbocycles. The molecule has 23 heavy (non-hydrogen) atoms. The first kappa shape index (κ1) is 14.2. The molecule has 1 atom stereocenters. The SMILES string of the molecule is Fc1ccccc1-n1ccc([C@H]2OCCN2Cc2ccco2)c1. The van der Waals surface area contributed by atoms with Gasteiger partial charge >= 0.3 is 0 Å². The van der Waals surface area contributed by atoms with Gasteiger partial charge in [-0.15, -0.1) is 0 Å². The molecule has 0 N–H and O–H groups in total. The Morgan fingerprint density at radius 3 is 2.87 bits per heavy atom. The average Bonchev–Trinajstić information content (AvgIpc) is 3.28. The van der Waals surface area contributed by atoms with E-state index in [1.165, 1.54) is 6.07 Å². The van der Waals surface area contributed by atoms with Crippen molar-refractivity contribution in [1.29, 1.82) is 0 Å². The molecular formula is C18H17FN2O2. The van der Waals surface area contributed by atoms with E-state index in [-0.39, 0.29) is 12.0 Å². The maximum absolute atomic E-state index is 13.9. The zero-order valence-electron chi connectivity index (χ0n) is 12.6. The zero-order valence-corrected chi connectivity index (χ0v) is 12.6. The van der Waals surface area contributed by atoms with Crippen molar-refractivity contribution in [2.75, 3.05) is 13.2 Å². The van der Waals surface area contributed by atoms with E-state index in [0.717, 1.165) is 17.9 Å². The first-order chi connectivity index (χ1) is 11.3. The molecule has 0 aliphatic carbocycles. The molecule has 118 valence electrons. The number of para-hydroxylation sites is 1. The van der Waals surface area contributed by atoms with E-state index >= 15 is 0 Å². The summed E-state index contributed by atoms with van der Waals surface area (Å²) in [7, 11) is 0. The number of aromatic nitrogens is 1. The van der Waals surface area contributed by atoms with E-state index < -0.39 is 0 Å². The Balaban J connectivity index is 1.57. The van der Waals surface area contributed by atoms with Crippen LogP contribution in [0.2, 0.25) is 0 Å². The van der Waals surface area contributed by atoms with Crippen LogP contribution < -0.4 is 0 Å². The molecule has 5 heteroatoms. The summed E-state index contributed by atoms with van der Waals surface area (Å²) in [5.41, 5.74) is 1.55. The van der Waals surface area contributed by atoms with Crippen molar-refractivity contribution in [2.45, 2.75) is 12.8 Å². The molecule has 3 heterocycles. The monoisotopic (exact) mass is 312 g/mol. The van der Waals surface area contributed by atoms with Crippen LogP contribution in [-0.2, 0) is 11.3 Å². The molecule has 0 amide bonds. The lowest BCUT2D eigenvalue weighted by molar-refractivity contribution is 0.0258. The number of halogens is 1. The minimum absolute atomic E-state index is 0.131. The predicted octanol–water partition coefficient (Wildman–Crippen LogP) is 3.74.